The van der Waals surface area contributed by atoms with E-state index in [1.807, 2.05) is 24.3 Å². The van der Waals surface area contributed by atoms with Gasteiger partial charge in [0, 0.05) is 17.1 Å². The molecule has 1 aliphatic heterocycles. The van der Waals surface area contributed by atoms with Crippen molar-refractivity contribution >= 4 is 41.1 Å². The minimum absolute atomic E-state index is 0.0102. The van der Waals surface area contributed by atoms with Gasteiger partial charge in [0.15, 0.2) is 0 Å². The van der Waals surface area contributed by atoms with Gasteiger partial charge >= 0.3 is 12.1 Å². The van der Waals surface area contributed by atoms with E-state index in [0.29, 0.717) is 22.3 Å². The van der Waals surface area contributed by atoms with E-state index in [4.69, 9.17) is 4.74 Å². The van der Waals surface area contributed by atoms with Gasteiger partial charge in [-0.1, -0.05) is 48.5 Å². The summed E-state index contributed by atoms with van der Waals surface area (Å²) in [7, 11) is 0. The van der Waals surface area contributed by atoms with Crippen LogP contribution >= 0.6 is 23.1 Å². The van der Waals surface area contributed by atoms with Gasteiger partial charge in [0.1, 0.15) is 17.7 Å². The van der Waals surface area contributed by atoms with E-state index in [1.54, 1.807) is 5.38 Å². The lowest BCUT2D eigenvalue weighted by atomic mass is 9.98. The Kier molecular flexibility index (Phi) is 6.74. The summed E-state index contributed by atoms with van der Waals surface area (Å²) in [6, 6.07) is 15.5. The SMILES string of the molecule is O=C(NCc1nc(CC(=O)N2CSCC2C(=O)O)cs1)OCC1c2ccccc2-c2ccccc21. The van der Waals surface area contributed by atoms with Crippen LogP contribution in [0.15, 0.2) is 53.9 Å². The van der Waals surface area contributed by atoms with Crippen LogP contribution in [0, 0.1) is 0 Å². The maximum Gasteiger partial charge on any atom is 0.407 e. The minimum atomic E-state index is -0.991. The van der Waals surface area contributed by atoms with Crippen molar-refractivity contribution < 1.29 is 24.2 Å². The van der Waals surface area contributed by atoms with Crippen LogP contribution in [-0.4, -0.2) is 57.2 Å². The second-order valence-corrected chi connectivity index (χ2v) is 10.2. The Morgan fingerprint density at radius 2 is 1.77 bits per heavy atom. The normalized spacial score (nSPS) is 16.6. The monoisotopic (exact) mass is 509 g/mol. The predicted molar refractivity (Wildman–Crippen MR) is 133 cm³/mol. The van der Waals surface area contributed by atoms with Crippen molar-refractivity contribution in [3.63, 3.8) is 0 Å². The Balaban J connectivity index is 1.13. The first-order chi connectivity index (χ1) is 17.0. The molecule has 0 bridgehead atoms. The number of amides is 2. The summed E-state index contributed by atoms with van der Waals surface area (Å²) in [5, 5.41) is 14.4. The van der Waals surface area contributed by atoms with Crippen LogP contribution in [0.4, 0.5) is 4.79 Å². The molecule has 3 aromatic rings. The quantitative estimate of drug-likeness (QED) is 0.500. The Hall–Kier alpha value is -3.37. The van der Waals surface area contributed by atoms with Gasteiger partial charge in [-0.25, -0.2) is 14.6 Å². The third-order valence-corrected chi connectivity index (χ3v) is 8.06. The number of thioether (sulfide) groups is 1. The van der Waals surface area contributed by atoms with E-state index in [9.17, 15) is 19.5 Å². The van der Waals surface area contributed by atoms with Crippen molar-refractivity contribution in [3.8, 4) is 11.1 Å². The molecule has 8 nitrogen and oxygen atoms in total. The number of aliphatic carboxylic acids is 1. The standard InChI is InChI=1S/C25H23N3O5S2/c29-23(28-14-34-13-21(28)24(30)31)9-15-12-35-22(27-15)10-26-25(32)33-11-20-18-7-3-1-5-16(18)17-6-2-4-8-19(17)20/h1-8,12,20-21H,9-11,13-14H2,(H,26,32)(H,30,31). The molecule has 1 saturated heterocycles. The number of carbonyl (C=O) groups is 3. The summed E-state index contributed by atoms with van der Waals surface area (Å²) in [6.45, 7) is 0.420. The van der Waals surface area contributed by atoms with E-state index in [-0.39, 0.29) is 31.4 Å². The summed E-state index contributed by atoms with van der Waals surface area (Å²) >= 11 is 2.76. The van der Waals surface area contributed by atoms with Crippen LogP contribution in [-0.2, 0) is 27.3 Å². The van der Waals surface area contributed by atoms with Gasteiger partial charge in [0.25, 0.3) is 0 Å². The number of benzene rings is 2. The molecule has 180 valence electrons. The third-order valence-electron chi connectivity index (χ3n) is 6.15. The van der Waals surface area contributed by atoms with E-state index in [0.717, 1.165) is 11.1 Å². The molecule has 1 atom stereocenters. The molecule has 1 aromatic heterocycles. The molecule has 2 aliphatic rings. The first kappa shape index (κ1) is 23.4. The van der Waals surface area contributed by atoms with Gasteiger partial charge in [0.2, 0.25) is 5.91 Å². The maximum atomic E-state index is 12.5. The molecular weight excluding hydrogens is 486 g/mol. The van der Waals surface area contributed by atoms with E-state index in [1.165, 1.54) is 39.1 Å². The first-order valence-electron chi connectivity index (χ1n) is 11.1. The number of rotatable bonds is 7. The first-order valence-corrected chi connectivity index (χ1v) is 13.2. The van der Waals surface area contributed by atoms with E-state index < -0.39 is 18.1 Å². The number of hydrogen-bond donors (Lipinski definition) is 2. The number of carbonyl (C=O) groups excluding carboxylic acids is 2. The second-order valence-electron chi connectivity index (χ2n) is 8.31. The fraction of sp³-hybridized carbons (Fsp3) is 0.280. The molecule has 2 heterocycles. The van der Waals surface area contributed by atoms with Gasteiger partial charge in [0.05, 0.1) is 24.5 Å². The van der Waals surface area contributed by atoms with Crippen molar-refractivity contribution in [2.24, 2.45) is 0 Å². The fourth-order valence-corrected chi connectivity index (χ4v) is 6.36. The molecule has 35 heavy (non-hydrogen) atoms. The molecule has 10 heteroatoms. The molecule has 1 aliphatic carbocycles. The molecule has 1 unspecified atom stereocenters. The van der Waals surface area contributed by atoms with E-state index in [2.05, 4.69) is 34.6 Å². The second kappa shape index (κ2) is 10.1. The highest BCUT2D eigenvalue weighted by molar-refractivity contribution is 7.99. The minimum Gasteiger partial charge on any atom is -0.480 e. The topological polar surface area (TPSA) is 109 Å². The zero-order chi connectivity index (χ0) is 24.4. The summed E-state index contributed by atoms with van der Waals surface area (Å²) in [5.74, 6) is -0.494. The van der Waals surface area contributed by atoms with Gasteiger partial charge < -0.3 is 20.1 Å². The van der Waals surface area contributed by atoms with Crippen molar-refractivity contribution in [2.45, 2.75) is 24.9 Å². The molecular formula is C25H23N3O5S2. The number of fused-ring (bicyclic) bond motifs is 3. The van der Waals surface area contributed by atoms with Crippen LogP contribution < -0.4 is 5.32 Å². The highest BCUT2D eigenvalue weighted by atomic mass is 32.2. The lowest BCUT2D eigenvalue weighted by Gasteiger charge is -2.19. The number of carboxylic acid groups (broad SMARTS) is 1. The third kappa shape index (κ3) is 4.89. The smallest absolute Gasteiger partial charge is 0.407 e. The van der Waals surface area contributed by atoms with Gasteiger partial charge in [-0.3, -0.25) is 4.79 Å². The average molecular weight is 510 g/mol. The van der Waals surface area contributed by atoms with Crippen LogP contribution in [0.25, 0.3) is 11.1 Å². The van der Waals surface area contributed by atoms with Crippen molar-refractivity contribution in [2.75, 3.05) is 18.2 Å². The van der Waals surface area contributed by atoms with Gasteiger partial charge in [-0.05, 0) is 22.3 Å². The van der Waals surface area contributed by atoms with Crippen LogP contribution in [0.3, 0.4) is 0 Å². The molecule has 2 N–H and O–H groups in total. The summed E-state index contributed by atoms with van der Waals surface area (Å²) in [4.78, 5) is 42.0. The fourth-order valence-electron chi connectivity index (χ4n) is 4.46. The number of nitrogens with zero attached hydrogens (tertiary/aromatic N) is 2. The molecule has 2 amide bonds. The molecule has 0 spiro atoms. The van der Waals surface area contributed by atoms with Crippen molar-refractivity contribution in [1.82, 2.24) is 15.2 Å². The van der Waals surface area contributed by atoms with Crippen LogP contribution in [0.2, 0.25) is 0 Å². The lowest BCUT2D eigenvalue weighted by Crippen LogP contribution is -2.42. The number of ether oxygens (including phenoxy) is 1. The molecule has 5 rings (SSSR count). The molecule has 2 aromatic carbocycles. The largest absolute Gasteiger partial charge is 0.480 e. The summed E-state index contributed by atoms with van der Waals surface area (Å²) in [6.07, 6.45) is -0.496. The molecule has 1 fully saturated rings. The van der Waals surface area contributed by atoms with Gasteiger partial charge in [-0.2, -0.15) is 0 Å². The number of nitrogens with one attached hydrogen (secondary N) is 1. The zero-order valence-electron chi connectivity index (χ0n) is 18.7. The number of hydrogen-bond acceptors (Lipinski definition) is 7. The maximum absolute atomic E-state index is 12.5. The summed E-state index contributed by atoms with van der Waals surface area (Å²) < 4.78 is 5.54. The number of thiazole rings is 1. The lowest BCUT2D eigenvalue weighted by molar-refractivity contribution is -0.147. The number of alkyl carbamates (subject to hydrolysis) is 1. The molecule has 0 saturated carbocycles. The molecule has 0 radical (unpaired) electrons. The Morgan fingerprint density at radius 3 is 2.46 bits per heavy atom. The Morgan fingerprint density at radius 1 is 1.09 bits per heavy atom. The number of aromatic nitrogens is 1. The average Bonchev–Trinajstić information content (AvgIpc) is 3.59. The van der Waals surface area contributed by atoms with E-state index >= 15 is 0 Å². The highest BCUT2D eigenvalue weighted by Gasteiger charge is 2.34. The Bertz CT molecular complexity index is 1230. The van der Waals surface area contributed by atoms with Crippen LogP contribution in [0.1, 0.15) is 27.7 Å². The number of carboxylic acids is 1. The zero-order valence-corrected chi connectivity index (χ0v) is 20.3. The van der Waals surface area contributed by atoms with Crippen molar-refractivity contribution in [3.05, 3.63) is 75.7 Å². The van der Waals surface area contributed by atoms with Crippen molar-refractivity contribution in [1.29, 1.82) is 0 Å². The predicted octanol–water partition coefficient (Wildman–Crippen LogP) is 3.71. The Labute approximate surface area is 210 Å². The van der Waals surface area contributed by atoms with Crippen LogP contribution in [0.5, 0.6) is 0 Å². The summed E-state index contributed by atoms with van der Waals surface area (Å²) in [5.41, 5.74) is 5.20. The van der Waals surface area contributed by atoms with Gasteiger partial charge in [-0.15, -0.1) is 23.1 Å². The highest BCUT2D eigenvalue weighted by Crippen LogP contribution is 2.44.